The molecule has 1 aliphatic heterocycles. The number of aromatic nitrogens is 1. The second-order valence-electron chi connectivity index (χ2n) is 4.31. The second kappa shape index (κ2) is 5.40. The Kier molecular flexibility index (Phi) is 3.46. The maximum absolute atomic E-state index is 12.0. The Hall–Kier alpha value is -1.88. The van der Waals surface area contributed by atoms with Gasteiger partial charge in [-0.2, -0.15) is 16.9 Å². The topological polar surface area (TPSA) is 54.4 Å². The Morgan fingerprint density at radius 3 is 3.00 bits per heavy atom. The zero-order valence-corrected chi connectivity index (χ0v) is 11.1. The molecule has 0 spiro atoms. The van der Waals surface area contributed by atoms with Crippen molar-refractivity contribution in [3.63, 3.8) is 0 Å². The van der Waals surface area contributed by atoms with Crippen LogP contribution in [0.4, 0.5) is 0 Å². The van der Waals surface area contributed by atoms with Gasteiger partial charge in [-0.15, -0.1) is 0 Å². The van der Waals surface area contributed by atoms with Crippen LogP contribution >= 0.6 is 11.8 Å². The summed E-state index contributed by atoms with van der Waals surface area (Å²) in [4.78, 5) is 16.3. The molecule has 2 heterocycles. The highest BCUT2D eigenvalue weighted by Crippen LogP contribution is 2.14. The Morgan fingerprint density at radius 1 is 1.26 bits per heavy atom. The van der Waals surface area contributed by atoms with E-state index in [4.69, 9.17) is 0 Å². The maximum Gasteiger partial charge on any atom is 0.289 e. The number of hydrogen-bond donors (Lipinski definition) is 1. The molecular weight excluding hydrogens is 258 g/mol. The number of benzene rings is 1. The monoisotopic (exact) mass is 271 g/mol. The summed E-state index contributed by atoms with van der Waals surface area (Å²) >= 11 is 1.83. The molecule has 0 bridgehead atoms. The van der Waals surface area contributed by atoms with Crippen LogP contribution < -0.4 is 5.43 Å². The fourth-order valence-electron chi connectivity index (χ4n) is 1.92. The molecule has 96 valence electrons. The number of hydrazone groups is 1. The number of carbonyl (C=O) groups excluding carboxylic acids is 1. The number of para-hydroxylation sites is 1. The van der Waals surface area contributed by atoms with Crippen LogP contribution in [0.15, 0.2) is 41.5 Å². The van der Waals surface area contributed by atoms with E-state index in [0.29, 0.717) is 5.69 Å². The van der Waals surface area contributed by atoms with Gasteiger partial charge in [0.15, 0.2) is 0 Å². The molecule has 0 unspecified atom stereocenters. The van der Waals surface area contributed by atoms with Crippen molar-refractivity contribution in [2.24, 2.45) is 5.10 Å². The summed E-state index contributed by atoms with van der Waals surface area (Å²) in [5, 5.41) is 5.16. The van der Waals surface area contributed by atoms with Crippen LogP contribution in [0.3, 0.4) is 0 Å². The third-order valence-corrected chi connectivity index (χ3v) is 3.98. The van der Waals surface area contributed by atoms with Gasteiger partial charge in [-0.3, -0.25) is 4.79 Å². The molecule has 1 N–H and O–H groups in total. The van der Waals surface area contributed by atoms with Crippen molar-refractivity contribution < 1.29 is 4.79 Å². The Labute approximate surface area is 115 Å². The van der Waals surface area contributed by atoms with E-state index in [9.17, 15) is 4.79 Å². The first kappa shape index (κ1) is 12.2. The lowest BCUT2D eigenvalue weighted by atomic mass is 10.2. The van der Waals surface area contributed by atoms with Gasteiger partial charge in [0, 0.05) is 16.9 Å². The number of hydrogen-bond acceptors (Lipinski definition) is 4. The highest BCUT2D eigenvalue weighted by Gasteiger charge is 2.11. The maximum atomic E-state index is 12.0. The number of nitrogens with one attached hydrogen (secondary N) is 1. The van der Waals surface area contributed by atoms with E-state index in [1.54, 1.807) is 6.07 Å². The van der Waals surface area contributed by atoms with Crippen molar-refractivity contribution in [2.75, 3.05) is 11.5 Å². The number of thioether (sulfide) groups is 1. The van der Waals surface area contributed by atoms with Crippen LogP contribution in [0.25, 0.3) is 10.9 Å². The summed E-state index contributed by atoms with van der Waals surface area (Å²) in [7, 11) is 0. The van der Waals surface area contributed by atoms with Gasteiger partial charge in [-0.05, 0) is 24.3 Å². The average Bonchev–Trinajstić information content (AvgIpc) is 2.97. The third kappa shape index (κ3) is 2.76. The molecule has 0 aliphatic carbocycles. The van der Waals surface area contributed by atoms with Crippen LogP contribution in [0.2, 0.25) is 0 Å². The number of pyridine rings is 1. The molecule has 0 radical (unpaired) electrons. The molecule has 1 aliphatic rings. The minimum atomic E-state index is -0.254. The van der Waals surface area contributed by atoms with Gasteiger partial charge in [0.2, 0.25) is 0 Å². The van der Waals surface area contributed by atoms with Crippen molar-refractivity contribution in [2.45, 2.75) is 6.42 Å². The van der Waals surface area contributed by atoms with Gasteiger partial charge >= 0.3 is 0 Å². The molecule has 4 nitrogen and oxygen atoms in total. The van der Waals surface area contributed by atoms with Crippen LogP contribution in [0.5, 0.6) is 0 Å². The second-order valence-corrected chi connectivity index (χ2v) is 5.42. The molecule has 19 heavy (non-hydrogen) atoms. The van der Waals surface area contributed by atoms with Gasteiger partial charge in [0.05, 0.1) is 5.52 Å². The van der Waals surface area contributed by atoms with Gasteiger partial charge in [0.25, 0.3) is 5.91 Å². The normalized spacial score (nSPS) is 16.9. The first-order valence-corrected chi connectivity index (χ1v) is 7.28. The Morgan fingerprint density at radius 2 is 2.16 bits per heavy atom. The lowest BCUT2D eigenvalue weighted by Crippen LogP contribution is -2.20. The lowest BCUT2D eigenvalue weighted by molar-refractivity contribution is 0.0950. The van der Waals surface area contributed by atoms with E-state index in [1.165, 1.54) is 0 Å². The summed E-state index contributed by atoms with van der Waals surface area (Å²) in [6, 6.07) is 11.4. The summed E-state index contributed by atoms with van der Waals surface area (Å²) in [6.07, 6.45) is 0.954. The molecule has 2 aromatic rings. The van der Waals surface area contributed by atoms with Crippen molar-refractivity contribution in [1.82, 2.24) is 10.4 Å². The summed E-state index contributed by atoms with van der Waals surface area (Å²) in [6.45, 7) is 0. The summed E-state index contributed by atoms with van der Waals surface area (Å²) in [5.41, 5.74) is 4.84. The number of rotatable bonds is 2. The quantitative estimate of drug-likeness (QED) is 0.854. The van der Waals surface area contributed by atoms with Crippen LogP contribution in [0.1, 0.15) is 16.9 Å². The van der Waals surface area contributed by atoms with E-state index in [-0.39, 0.29) is 5.91 Å². The fourth-order valence-corrected chi connectivity index (χ4v) is 2.89. The van der Waals surface area contributed by atoms with E-state index in [0.717, 1.165) is 34.5 Å². The number of carbonyl (C=O) groups is 1. The average molecular weight is 271 g/mol. The molecule has 0 atom stereocenters. The molecule has 1 amide bonds. The highest BCUT2D eigenvalue weighted by atomic mass is 32.2. The van der Waals surface area contributed by atoms with Crippen molar-refractivity contribution in [1.29, 1.82) is 0 Å². The first-order valence-electron chi connectivity index (χ1n) is 6.12. The van der Waals surface area contributed by atoms with Crippen LogP contribution in [-0.2, 0) is 0 Å². The van der Waals surface area contributed by atoms with Crippen LogP contribution in [-0.4, -0.2) is 28.1 Å². The van der Waals surface area contributed by atoms with Crippen LogP contribution in [0, 0.1) is 0 Å². The van der Waals surface area contributed by atoms with Gasteiger partial charge in [-0.1, -0.05) is 24.3 Å². The molecule has 1 aromatic heterocycles. The van der Waals surface area contributed by atoms with Crippen molar-refractivity contribution in [3.8, 4) is 0 Å². The van der Waals surface area contributed by atoms with Gasteiger partial charge < -0.3 is 0 Å². The molecule has 3 rings (SSSR count). The summed E-state index contributed by atoms with van der Waals surface area (Å²) in [5.74, 6) is 1.74. The van der Waals surface area contributed by atoms with E-state index >= 15 is 0 Å². The molecule has 1 saturated heterocycles. The Bertz CT molecular complexity index is 646. The number of fused-ring (bicyclic) bond motifs is 1. The Balaban J connectivity index is 1.79. The highest BCUT2D eigenvalue weighted by molar-refractivity contribution is 8.00. The minimum absolute atomic E-state index is 0.254. The molecule has 0 saturated carbocycles. The molecule has 1 aromatic carbocycles. The van der Waals surface area contributed by atoms with Gasteiger partial charge in [-0.25, -0.2) is 10.4 Å². The molecular formula is C14H13N3OS. The summed E-state index contributed by atoms with van der Waals surface area (Å²) < 4.78 is 0. The zero-order valence-electron chi connectivity index (χ0n) is 10.3. The third-order valence-electron chi connectivity index (χ3n) is 2.95. The van der Waals surface area contributed by atoms with E-state index in [1.807, 2.05) is 42.1 Å². The van der Waals surface area contributed by atoms with E-state index < -0.39 is 0 Å². The van der Waals surface area contributed by atoms with Crippen molar-refractivity contribution in [3.05, 3.63) is 42.1 Å². The standard InChI is InChI=1S/C14H13N3OS/c18-14(17-16-11-7-8-19-9-11)13-6-5-10-3-1-2-4-12(10)15-13/h1-6H,7-9H2,(H,17,18)/b16-11+. The van der Waals surface area contributed by atoms with Crippen molar-refractivity contribution >= 4 is 34.3 Å². The SMILES string of the molecule is O=C(N/N=C1\CCSC1)c1ccc2ccccc2n1. The largest absolute Gasteiger partial charge is 0.289 e. The first-order chi connectivity index (χ1) is 9.33. The van der Waals surface area contributed by atoms with Gasteiger partial charge in [0.1, 0.15) is 5.69 Å². The number of nitrogens with zero attached hydrogens (tertiary/aromatic N) is 2. The lowest BCUT2D eigenvalue weighted by Gasteiger charge is -2.02. The fraction of sp³-hybridized carbons (Fsp3) is 0.214. The molecule has 5 heteroatoms. The minimum Gasteiger partial charge on any atom is -0.266 e. The predicted molar refractivity (Wildman–Crippen MR) is 78.6 cm³/mol. The molecule has 1 fully saturated rings. The smallest absolute Gasteiger partial charge is 0.266 e. The van der Waals surface area contributed by atoms with E-state index in [2.05, 4.69) is 15.5 Å². The predicted octanol–water partition coefficient (Wildman–Crippen LogP) is 2.46. The number of amides is 1. The zero-order chi connectivity index (χ0) is 13.1.